The van der Waals surface area contributed by atoms with E-state index in [1.165, 1.54) is 37.9 Å². The van der Waals surface area contributed by atoms with Gasteiger partial charge in [-0.05, 0) is 159 Å². The van der Waals surface area contributed by atoms with E-state index in [2.05, 4.69) is 31.9 Å². The summed E-state index contributed by atoms with van der Waals surface area (Å²) >= 11 is 0. The van der Waals surface area contributed by atoms with Crippen molar-refractivity contribution in [1.29, 1.82) is 0 Å². The molecule has 0 radical (unpaired) electrons. The van der Waals surface area contributed by atoms with E-state index in [4.69, 9.17) is 63.5 Å². The van der Waals surface area contributed by atoms with Gasteiger partial charge in [-0.3, -0.25) is 28.8 Å². The summed E-state index contributed by atoms with van der Waals surface area (Å²) in [5, 5.41) is 25.4. The van der Waals surface area contributed by atoms with E-state index in [9.17, 15) is 43.5 Å². The molecule has 24 atom stereocenters. The minimum Gasteiger partial charge on any atom is -0.458 e. The van der Waals surface area contributed by atoms with E-state index in [1.54, 1.807) is 55.4 Å². The maximum Gasteiger partial charge on any atom is 0.410 e. The first kappa shape index (κ1) is 86.8. The Morgan fingerprint density at radius 1 is 0.570 bits per heavy atom. The molecular weight excluding hydrogens is 1300 g/mol. The molecule has 6 unspecified atom stereocenters. The zero-order valence-corrected chi connectivity index (χ0v) is 63.6. The van der Waals surface area contributed by atoms with Gasteiger partial charge in [0.1, 0.15) is 41.7 Å². The summed E-state index contributed by atoms with van der Waals surface area (Å²) in [6, 6.07) is -1.64. The van der Waals surface area contributed by atoms with Gasteiger partial charge >= 0.3 is 24.1 Å². The molecule has 6 fully saturated rings. The van der Waals surface area contributed by atoms with Crippen molar-refractivity contribution in [3.63, 3.8) is 0 Å². The van der Waals surface area contributed by atoms with Crippen molar-refractivity contribution in [3.05, 3.63) is 20.9 Å². The molecule has 0 aromatic carbocycles. The van der Waals surface area contributed by atoms with Crippen LogP contribution in [-0.2, 0) is 76.1 Å². The standard InChI is InChI=1S/C35H59N5O9.C34H57N5O10.CH4O/c1-12-28-35(8)27(40(33(44)49-35)16-14-13-15-37-38-36)18-26(41)20(2)19-34(7,45-11)30(23(5)29(42)24(6)31(43)47-28)48-32-22(4)25(39(9)10)17-21(3)46-32;1-11-26-34(7)25(39(32(44)49-34)15-13-12-14-36-37-35)17-24(40)19(2)18-33(6,45-10)29(21(4)27(41)22(5)30(43)47-26)48-31-28(42)23(38(8)9)16-20(3)46-31;1-2/h20-25,27-28,30,32H,12-19H2,1-11H3;19-23,25-26,28-29,31,42H,11-18H2,1-10H3;2H,1H3/t20-,21?,22?,23+,24-,25?,27-,28-,30-,32+,34-,35+;19-,20?,21+,22-,23?,25-,26-,28?,29-,31+,33-,34+;/m11./s1. The van der Waals surface area contributed by atoms with E-state index in [1.807, 2.05) is 60.8 Å². The summed E-state index contributed by atoms with van der Waals surface area (Å²) in [4.78, 5) is 123. The molecule has 6 aliphatic heterocycles. The second-order valence-corrected chi connectivity index (χ2v) is 29.5. The molecule has 0 aliphatic carbocycles. The van der Waals surface area contributed by atoms with Crippen molar-refractivity contribution in [2.45, 2.75) is 283 Å². The Morgan fingerprint density at radius 3 is 1.28 bits per heavy atom. The summed E-state index contributed by atoms with van der Waals surface area (Å²) in [7, 11) is 11.8. The lowest BCUT2D eigenvalue weighted by molar-refractivity contribution is -0.295. The first-order valence-electron chi connectivity index (χ1n) is 35.6. The van der Waals surface area contributed by atoms with Gasteiger partial charge in [0.15, 0.2) is 35.3 Å². The quantitative estimate of drug-likeness (QED) is 0.0218. The Kier molecular flexibility index (Phi) is 33.2. The smallest absolute Gasteiger partial charge is 0.410 e. The topological polar surface area (TPSA) is 380 Å². The van der Waals surface area contributed by atoms with E-state index in [-0.39, 0.29) is 106 Å². The number of ether oxygens (including phenoxy) is 10. The molecular formula is C70H120N10O20. The monoisotopic (exact) mass is 1420 g/mol. The first-order valence-corrected chi connectivity index (χ1v) is 35.6. The molecule has 0 aromatic heterocycles. The maximum absolute atomic E-state index is 14.2. The number of carbonyl (C=O) groups excluding carboxylic acids is 8. The maximum atomic E-state index is 14.2. The van der Waals surface area contributed by atoms with Gasteiger partial charge in [-0.25, -0.2) is 9.59 Å². The van der Waals surface area contributed by atoms with Crippen molar-refractivity contribution in [2.24, 2.45) is 51.7 Å². The van der Waals surface area contributed by atoms with Gasteiger partial charge in [-0.2, -0.15) is 0 Å². The lowest BCUT2D eigenvalue weighted by Crippen LogP contribution is -2.59. The first-order chi connectivity index (χ1) is 46.9. The van der Waals surface area contributed by atoms with Crippen LogP contribution in [0.15, 0.2) is 10.2 Å². The average Bonchev–Trinajstić information content (AvgIpc) is 1.80. The van der Waals surface area contributed by atoms with E-state index >= 15 is 0 Å². The van der Waals surface area contributed by atoms with Crippen LogP contribution in [-0.4, -0.2) is 255 Å². The molecule has 2 amide bonds. The number of Topliss-reactive ketones (excluding diaryl/α,β-unsaturated/α-hetero) is 4. The second kappa shape index (κ2) is 38.2. The van der Waals surface area contributed by atoms with E-state index < -0.39 is 149 Å². The molecule has 0 saturated carbocycles. The number of rotatable bonds is 20. The molecule has 30 heteroatoms. The number of methoxy groups -OCH3 is 2. The van der Waals surface area contributed by atoms with Gasteiger partial charge in [-0.15, -0.1) is 0 Å². The van der Waals surface area contributed by atoms with Crippen LogP contribution in [0.1, 0.15) is 181 Å². The summed E-state index contributed by atoms with van der Waals surface area (Å²) in [6.07, 6.45) is -4.04. The zero-order chi connectivity index (χ0) is 75.7. The fourth-order valence-electron chi connectivity index (χ4n) is 15.6. The number of fused-ring (bicyclic) bond motifs is 2. The third-order valence-electron chi connectivity index (χ3n) is 21.9. The molecule has 0 spiro atoms. The highest BCUT2D eigenvalue weighted by atomic mass is 16.7. The number of azide groups is 2. The van der Waals surface area contributed by atoms with Crippen LogP contribution >= 0.6 is 0 Å². The van der Waals surface area contributed by atoms with Gasteiger partial charge in [0, 0.05) is 112 Å². The number of hydrogen-bond donors (Lipinski definition) is 2. The number of cyclic esters (lactones) is 2. The summed E-state index contributed by atoms with van der Waals surface area (Å²) in [5.74, 6) is -8.13. The van der Waals surface area contributed by atoms with Crippen molar-refractivity contribution < 1.29 is 95.9 Å². The highest BCUT2D eigenvalue weighted by Gasteiger charge is 2.60. The SMILES string of the molecule is CC[C@H]1OC(=O)[C@H](C)C(=O)[C@H](C)[C@@H](O[C@@H]2OC(C)CC(N(C)C)C2C)[C@](C)(OC)C[C@@H](C)C(=O)C[C@H]2N(CCCCN=[N+]=[N-])C(=O)O[C@]12C.CC[C@H]1OC(=O)[C@H](C)C(=O)[C@H](C)[C@@H](O[C@@H]2OC(C)CC(N(C)C)C2O)[C@](C)(OC)C[C@@H](C)C(=O)C[C@H]2N(CCCCN=[N+]=[N-])C(=O)O[C@]12C.CO. The normalized spacial score (nSPS) is 38.8. The molecule has 100 heavy (non-hydrogen) atoms. The summed E-state index contributed by atoms with van der Waals surface area (Å²) in [5.41, 5.74) is 12.1. The fourth-order valence-corrected chi connectivity index (χ4v) is 15.6. The molecule has 0 aromatic rings. The lowest BCUT2D eigenvalue weighted by atomic mass is 9.76. The predicted octanol–water partition coefficient (Wildman–Crippen LogP) is 8.95. The van der Waals surface area contributed by atoms with Gasteiger partial charge in [0.2, 0.25) is 0 Å². The highest BCUT2D eigenvalue weighted by Crippen LogP contribution is 2.45. The minimum atomic E-state index is -1.38. The summed E-state index contributed by atoms with van der Waals surface area (Å²) in [6.45, 7) is 27.4. The third-order valence-corrected chi connectivity index (χ3v) is 21.9. The van der Waals surface area contributed by atoms with Gasteiger partial charge < -0.3 is 77.2 Å². The number of amides is 2. The number of carbonyl (C=O) groups is 8. The average molecular weight is 1420 g/mol. The van der Waals surface area contributed by atoms with E-state index in [0.717, 1.165) is 13.5 Å². The molecule has 6 rings (SSSR count). The Balaban J connectivity index is 0.000000414. The number of ketones is 4. The number of nitrogens with zero attached hydrogens (tertiary/aromatic N) is 10. The van der Waals surface area contributed by atoms with Crippen LogP contribution in [0.4, 0.5) is 9.59 Å². The number of aliphatic hydroxyl groups is 2. The second-order valence-electron chi connectivity index (χ2n) is 29.5. The van der Waals surface area contributed by atoms with Crippen molar-refractivity contribution in [1.82, 2.24) is 19.6 Å². The van der Waals surface area contributed by atoms with Gasteiger partial charge in [0.05, 0.1) is 47.7 Å². The van der Waals surface area contributed by atoms with Crippen LogP contribution < -0.4 is 0 Å². The molecule has 6 heterocycles. The van der Waals surface area contributed by atoms with Crippen LogP contribution in [0.2, 0.25) is 0 Å². The van der Waals surface area contributed by atoms with Crippen LogP contribution in [0.25, 0.3) is 20.9 Å². The van der Waals surface area contributed by atoms with Crippen LogP contribution in [0, 0.1) is 41.4 Å². The Morgan fingerprint density at radius 2 is 0.930 bits per heavy atom. The Hall–Kier alpha value is -5.62. The van der Waals surface area contributed by atoms with E-state index in [0.29, 0.717) is 32.1 Å². The number of esters is 2. The number of unbranched alkanes of at least 4 members (excludes halogenated alkanes) is 2. The van der Waals surface area contributed by atoms with Gasteiger partial charge in [-0.1, -0.05) is 58.7 Å². The Bertz CT molecular complexity index is 2680. The molecule has 6 aliphatic rings. The highest BCUT2D eigenvalue weighted by molar-refractivity contribution is 6.01. The molecule has 2 N–H and O–H groups in total. The largest absolute Gasteiger partial charge is 0.458 e. The number of aliphatic hydroxyl groups excluding tert-OH is 2. The van der Waals surface area contributed by atoms with Gasteiger partial charge in [0.25, 0.3) is 0 Å². The van der Waals surface area contributed by atoms with Crippen molar-refractivity contribution in [3.8, 4) is 0 Å². The minimum absolute atomic E-state index is 0.0477. The zero-order valence-electron chi connectivity index (χ0n) is 63.6. The number of likely N-dealkylation sites (N-methyl/N-ethyl adjacent to an activating group) is 1. The molecule has 570 valence electrons. The predicted molar refractivity (Wildman–Crippen MR) is 368 cm³/mol. The van der Waals surface area contributed by atoms with Crippen LogP contribution in [0.5, 0.6) is 0 Å². The third kappa shape index (κ3) is 20.4. The molecule has 30 nitrogen and oxygen atoms in total. The van der Waals surface area contributed by atoms with Crippen molar-refractivity contribution in [2.75, 3.05) is 75.7 Å². The lowest BCUT2D eigenvalue weighted by Gasteiger charge is -2.47. The fraction of sp³-hybridized carbons (Fsp3) is 0.886. The molecule has 0 bridgehead atoms. The molecule has 6 saturated heterocycles. The van der Waals surface area contributed by atoms with Crippen molar-refractivity contribution >= 4 is 47.3 Å². The summed E-state index contributed by atoms with van der Waals surface area (Å²) < 4.78 is 61.8. The Labute approximate surface area is 591 Å². The number of hydrogen-bond acceptors (Lipinski definition) is 24. The van der Waals surface area contributed by atoms with Crippen LogP contribution in [0.3, 0.4) is 0 Å².